The maximum Gasteiger partial charge on any atom is 0.376 e. The second kappa shape index (κ2) is 11.0. The van der Waals surface area contributed by atoms with Crippen molar-refractivity contribution in [1.82, 2.24) is 14.5 Å². The molecule has 0 aliphatic carbocycles. The standard InChI is InChI=1S/C28H39N3O4S/c1-6-7-22-8-9-24(20(4)16-22)17-29-28-27(35-28)26-18-30(21(5)32)14-15-31(26)36(33,34)25-12-10-23(11-13-25)19(2)3/h8-13,16,19,26-29H,6-7,14-15,17-18H2,1-5H3/p+1/t26-,27?,28?/m1/s1. The topological polar surface area (TPSA) is 86.6 Å². The largest absolute Gasteiger partial charge is 0.376 e. The average molecular weight is 515 g/mol. The molecule has 2 aliphatic rings. The predicted molar refractivity (Wildman–Crippen MR) is 142 cm³/mol. The highest BCUT2D eigenvalue weighted by molar-refractivity contribution is 7.89. The van der Waals surface area contributed by atoms with Gasteiger partial charge in [0, 0.05) is 33.1 Å². The van der Waals surface area contributed by atoms with Crippen LogP contribution in [-0.4, -0.2) is 61.5 Å². The SMILES string of the molecule is CCCc1ccc(CNC2OC2[C@H]2CN(C(C)=O)CCN2S(=O)(=[OH+])c2ccc(C(C)C)cc2)c(C)c1. The van der Waals surface area contributed by atoms with E-state index in [0.717, 1.165) is 18.4 Å². The number of nitrogens with zero attached hydrogens (tertiary/aromatic N) is 2. The van der Waals surface area contributed by atoms with Gasteiger partial charge in [0.1, 0.15) is 17.2 Å². The molecule has 2 saturated heterocycles. The second-order valence-electron chi connectivity index (χ2n) is 10.3. The number of carbonyl (C=O) groups is 1. The van der Waals surface area contributed by atoms with Gasteiger partial charge in [0.05, 0.1) is 6.04 Å². The van der Waals surface area contributed by atoms with E-state index in [1.807, 2.05) is 12.1 Å². The van der Waals surface area contributed by atoms with Gasteiger partial charge in [-0.1, -0.05) is 57.5 Å². The zero-order chi connectivity index (χ0) is 26.0. The van der Waals surface area contributed by atoms with Crippen LogP contribution >= 0.6 is 0 Å². The number of amides is 1. The number of nitrogens with one attached hydrogen (secondary N) is 1. The van der Waals surface area contributed by atoms with Crippen molar-refractivity contribution in [2.75, 3.05) is 19.6 Å². The maximum absolute atomic E-state index is 13.8. The van der Waals surface area contributed by atoms with Gasteiger partial charge in [-0.15, -0.1) is 4.31 Å². The van der Waals surface area contributed by atoms with Crippen molar-refractivity contribution < 1.29 is 17.9 Å². The van der Waals surface area contributed by atoms with Gasteiger partial charge in [-0.05, 0) is 53.6 Å². The van der Waals surface area contributed by atoms with Crippen molar-refractivity contribution in [2.24, 2.45) is 0 Å². The van der Waals surface area contributed by atoms with E-state index in [1.54, 1.807) is 28.3 Å². The number of aryl methyl sites for hydroxylation is 2. The Balaban J connectivity index is 1.48. The van der Waals surface area contributed by atoms with E-state index in [1.165, 1.54) is 16.7 Å². The molecule has 2 aromatic carbocycles. The fourth-order valence-corrected chi connectivity index (χ4v) is 6.66. The normalized spacial score (nSPS) is 24.1. The van der Waals surface area contributed by atoms with Gasteiger partial charge in [-0.25, -0.2) is 4.21 Å². The van der Waals surface area contributed by atoms with Crippen LogP contribution in [-0.2, 0) is 32.5 Å². The van der Waals surface area contributed by atoms with Gasteiger partial charge < -0.3 is 9.64 Å². The molecule has 0 bridgehead atoms. The smallest absolute Gasteiger partial charge is 0.351 e. The summed E-state index contributed by atoms with van der Waals surface area (Å²) in [6.07, 6.45) is 1.71. The number of rotatable bonds is 9. The third-order valence-corrected chi connectivity index (χ3v) is 9.30. The van der Waals surface area contributed by atoms with E-state index in [4.69, 9.17) is 4.74 Å². The summed E-state index contributed by atoms with van der Waals surface area (Å²) in [6, 6.07) is 13.5. The van der Waals surface area contributed by atoms with Gasteiger partial charge in [-0.3, -0.25) is 10.1 Å². The molecule has 2 heterocycles. The minimum absolute atomic E-state index is 0.0293. The Labute approximate surface area is 215 Å². The van der Waals surface area contributed by atoms with Crippen LogP contribution in [0.4, 0.5) is 0 Å². The fraction of sp³-hybridized carbons (Fsp3) is 0.536. The summed E-state index contributed by atoms with van der Waals surface area (Å²) in [6.45, 7) is 11.8. The van der Waals surface area contributed by atoms with Crippen LogP contribution in [0.2, 0.25) is 0 Å². The second-order valence-corrected chi connectivity index (χ2v) is 12.2. The minimum Gasteiger partial charge on any atom is -0.351 e. The monoisotopic (exact) mass is 514 g/mol. The van der Waals surface area contributed by atoms with Crippen LogP contribution in [0.25, 0.3) is 0 Å². The highest BCUT2D eigenvalue weighted by Gasteiger charge is 2.53. The minimum atomic E-state index is -3.48. The lowest BCUT2D eigenvalue weighted by atomic mass is 10.0. The highest BCUT2D eigenvalue weighted by Crippen LogP contribution is 2.33. The summed E-state index contributed by atoms with van der Waals surface area (Å²) in [4.78, 5) is 14.3. The molecule has 8 heteroatoms. The molecule has 4 rings (SSSR count). The molecular formula is C28H40N3O4S+. The fourth-order valence-electron chi connectivity index (χ4n) is 5.01. The van der Waals surface area contributed by atoms with Crippen LogP contribution in [0.1, 0.15) is 62.3 Å². The molecule has 7 nitrogen and oxygen atoms in total. The van der Waals surface area contributed by atoms with E-state index in [-0.39, 0.29) is 24.3 Å². The summed E-state index contributed by atoms with van der Waals surface area (Å²) >= 11 is 0. The molecule has 4 atom stereocenters. The average Bonchev–Trinajstić information content (AvgIpc) is 3.63. The van der Waals surface area contributed by atoms with Crippen molar-refractivity contribution in [3.05, 3.63) is 64.7 Å². The molecule has 196 valence electrons. The molecule has 2 N–H and O–H groups in total. The molecule has 2 aliphatic heterocycles. The molecular weight excluding hydrogens is 474 g/mol. The molecule has 2 fully saturated rings. The Kier molecular flexibility index (Phi) is 8.19. The molecule has 0 aromatic heterocycles. The van der Waals surface area contributed by atoms with Crippen LogP contribution in [0.3, 0.4) is 0 Å². The number of piperazine rings is 1. The summed E-state index contributed by atoms with van der Waals surface area (Å²) in [5.41, 5.74) is 4.93. The van der Waals surface area contributed by atoms with Crippen molar-refractivity contribution in [1.29, 1.82) is 0 Å². The first-order valence-corrected chi connectivity index (χ1v) is 14.4. The lowest BCUT2D eigenvalue weighted by Gasteiger charge is -2.37. The predicted octanol–water partition coefficient (Wildman–Crippen LogP) is 3.96. The van der Waals surface area contributed by atoms with Crippen molar-refractivity contribution in [3.8, 4) is 0 Å². The van der Waals surface area contributed by atoms with Gasteiger partial charge in [0.25, 0.3) is 0 Å². The van der Waals surface area contributed by atoms with Gasteiger partial charge in [0.2, 0.25) is 5.91 Å². The van der Waals surface area contributed by atoms with E-state index in [0.29, 0.717) is 37.0 Å². The zero-order valence-electron chi connectivity index (χ0n) is 22.1. The molecule has 0 radical (unpaired) electrons. The van der Waals surface area contributed by atoms with E-state index >= 15 is 0 Å². The van der Waals surface area contributed by atoms with Gasteiger partial charge in [0.15, 0.2) is 0 Å². The van der Waals surface area contributed by atoms with E-state index in [9.17, 15) is 13.2 Å². The summed E-state index contributed by atoms with van der Waals surface area (Å²) < 4.78 is 32.7. The molecule has 3 unspecified atom stereocenters. The lowest BCUT2D eigenvalue weighted by molar-refractivity contribution is -0.131. The molecule has 0 saturated carbocycles. The summed E-state index contributed by atoms with van der Waals surface area (Å²) in [5.74, 6) is 0.317. The third-order valence-electron chi connectivity index (χ3n) is 7.33. The van der Waals surface area contributed by atoms with Gasteiger partial charge >= 0.3 is 10.0 Å². The number of benzene rings is 2. The van der Waals surface area contributed by atoms with E-state index in [2.05, 4.69) is 51.2 Å². The third kappa shape index (κ3) is 5.83. The Bertz CT molecular complexity index is 1180. The Hall–Kier alpha value is -2.26. The lowest BCUT2D eigenvalue weighted by Crippen LogP contribution is -2.58. The Morgan fingerprint density at radius 3 is 2.53 bits per heavy atom. The van der Waals surface area contributed by atoms with Crippen molar-refractivity contribution in [3.63, 3.8) is 0 Å². The first-order chi connectivity index (χ1) is 17.1. The van der Waals surface area contributed by atoms with Crippen LogP contribution in [0.15, 0.2) is 47.4 Å². The highest BCUT2D eigenvalue weighted by atomic mass is 32.2. The van der Waals surface area contributed by atoms with Crippen molar-refractivity contribution >= 4 is 15.9 Å². The summed E-state index contributed by atoms with van der Waals surface area (Å²) in [5, 5.41) is 3.46. The molecule has 36 heavy (non-hydrogen) atoms. The van der Waals surface area contributed by atoms with E-state index < -0.39 is 10.0 Å². The molecule has 0 spiro atoms. The number of hydrogen-bond acceptors (Lipinski definition) is 4. The van der Waals surface area contributed by atoms with Crippen molar-refractivity contribution in [2.45, 2.75) is 83.2 Å². The number of epoxide rings is 1. The van der Waals surface area contributed by atoms with Crippen LogP contribution in [0, 0.1) is 6.92 Å². The first-order valence-electron chi connectivity index (χ1n) is 13.0. The number of hydrogen-bond donors (Lipinski definition) is 1. The number of ether oxygens (including phenoxy) is 1. The Morgan fingerprint density at radius 2 is 1.92 bits per heavy atom. The van der Waals surface area contributed by atoms with Gasteiger partial charge in [-0.2, -0.15) is 4.21 Å². The maximum atomic E-state index is 13.8. The molecule has 1 amide bonds. The first kappa shape index (κ1) is 26.8. The van der Waals surface area contributed by atoms with Crippen LogP contribution in [0.5, 0.6) is 0 Å². The molecule has 2 aromatic rings. The zero-order valence-corrected chi connectivity index (χ0v) is 22.9. The Morgan fingerprint density at radius 1 is 1.19 bits per heavy atom. The summed E-state index contributed by atoms with van der Waals surface area (Å²) in [7, 11) is -3.48. The quantitative estimate of drug-likeness (QED) is 0.405. The van der Waals surface area contributed by atoms with Crippen LogP contribution < -0.4 is 5.32 Å². The number of carbonyl (C=O) groups excluding carboxylic acids is 1.